The molecule has 0 saturated carbocycles. The van der Waals surface area contributed by atoms with Gasteiger partial charge in [-0.05, 0) is 44.2 Å². The predicted molar refractivity (Wildman–Crippen MR) is 96.1 cm³/mol. The van der Waals surface area contributed by atoms with Crippen molar-refractivity contribution in [2.45, 2.75) is 26.9 Å². The number of ether oxygens (including phenoxy) is 1. The van der Waals surface area contributed by atoms with E-state index in [2.05, 4.69) is 20.4 Å². The number of aryl methyl sites for hydroxylation is 2. The number of rotatable bonds is 6. The van der Waals surface area contributed by atoms with Crippen LogP contribution in [-0.2, 0) is 17.9 Å². The summed E-state index contributed by atoms with van der Waals surface area (Å²) < 4.78 is 11.6. The van der Waals surface area contributed by atoms with E-state index in [9.17, 15) is 9.59 Å². The summed E-state index contributed by atoms with van der Waals surface area (Å²) >= 11 is 0. The number of methoxy groups -OCH3 is 1. The molecule has 3 rings (SSSR count). The smallest absolute Gasteiger partial charge is 0.348 e. The van der Waals surface area contributed by atoms with E-state index in [1.807, 2.05) is 12.1 Å². The number of aromatic nitrogens is 4. The molecule has 2 heterocycles. The molecule has 0 fully saturated rings. The van der Waals surface area contributed by atoms with Crippen molar-refractivity contribution in [2.24, 2.45) is 0 Å². The second kappa shape index (κ2) is 7.81. The molecule has 2 aromatic heterocycles. The quantitative estimate of drug-likeness (QED) is 0.695. The van der Waals surface area contributed by atoms with Crippen molar-refractivity contribution in [3.8, 4) is 17.1 Å². The maximum atomic E-state index is 12.1. The highest BCUT2D eigenvalue weighted by molar-refractivity contribution is 5.75. The molecule has 0 atom stereocenters. The molecule has 0 radical (unpaired) electrons. The first-order chi connectivity index (χ1) is 13.0. The summed E-state index contributed by atoms with van der Waals surface area (Å²) in [4.78, 5) is 32.1. The van der Waals surface area contributed by atoms with Gasteiger partial charge in [-0.1, -0.05) is 5.16 Å². The third-order valence-corrected chi connectivity index (χ3v) is 3.90. The average Bonchev–Trinajstić information content (AvgIpc) is 3.12. The van der Waals surface area contributed by atoms with Crippen LogP contribution in [-0.4, -0.2) is 32.7 Å². The van der Waals surface area contributed by atoms with Crippen molar-refractivity contribution in [2.75, 3.05) is 7.11 Å². The Hall–Kier alpha value is -3.49. The van der Waals surface area contributed by atoms with Crippen molar-refractivity contribution in [1.82, 2.24) is 25.0 Å². The summed E-state index contributed by atoms with van der Waals surface area (Å²) in [6, 6.07) is 8.96. The maximum Gasteiger partial charge on any atom is 0.348 e. The van der Waals surface area contributed by atoms with Gasteiger partial charge in [0.15, 0.2) is 0 Å². The van der Waals surface area contributed by atoms with Gasteiger partial charge >= 0.3 is 5.69 Å². The summed E-state index contributed by atoms with van der Waals surface area (Å²) in [6.45, 7) is 3.42. The highest BCUT2D eigenvalue weighted by atomic mass is 16.5. The van der Waals surface area contributed by atoms with E-state index in [1.54, 1.807) is 39.2 Å². The van der Waals surface area contributed by atoms with Gasteiger partial charge in [0.1, 0.15) is 12.3 Å². The van der Waals surface area contributed by atoms with Crippen molar-refractivity contribution >= 4 is 5.91 Å². The van der Waals surface area contributed by atoms with Crippen molar-refractivity contribution < 1.29 is 14.1 Å². The molecular weight excluding hydrogens is 350 g/mol. The highest BCUT2D eigenvalue weighted by Crippen LogP contribution is 2.19. The zero-order valence-corrected chi connectivity index (χ0v) is 15.2. The number of amides is 1. The Morgan fingerprint density at radius 2 is 1.96 bits per heavy atom. The van der Waals surface area contributed by atoms with E-state index in [4.69, 9.17) is 9.26 Å². The zero-order chi connectivity index (χ0) is 19.4. The first kappa shape index (κ1) is 18.3. The molecule has 0 spiro atoms. The van der Waals surface area contributed by atoms with Crippen molar-refractivity contribution in [1.29, 1.82) is 0 Å². The van der Waals surface area contributed by atoms with E-state index < -0.39 is 5.69 Å². The van der Waals surface area contributed by atoms with Crippen LogP contribution >= 0.6 is 0 Å². The molecular formula is C18H19N5O4. The number of nitrogens with one attached hydrogen (secondary N) is 1. The Morgan fingerprint density at radius 3 is 2.63 bits per heavy atom. The molecule has 0 aliphatic rings. The molecule has 0 unspecified atom stereocenters. The van der Waals surface area contributed by atoms with Gasteiger partial charge in [-0.25, -0.2) is 4.79 Å². The molecule has 9 nitrogen and oxygen atoms in total. The Balaban J connectivity index is 1.61. The predicted octanol–water partition coefficient (Wildman–Crippen LogP) is 1.24. The van der Waals surface area contributed by atoms with E-state index in [1.165, 1.54) is 4.57 Å². The lowest BCUT2D eigenvalue weighted by atomic mass is 10.2. The van der Waals surface area contributed by atoms with E-state index in [0.29, 0.717) is 17.2 Å². The summed E-state index contributed by atoms with van der Waals surface area (Å²) in [5, 5.41) is 6.56. The molecule has 9 heteroatoms. The maximum absolute atomic E-state index is 12.1. The number of carbonyl (C=O) groups excluding carboxylic acids is 1. The lowest BCUT2D eigenvalue weighted by Gasteiger charge is -2.09. The third kappa shape index (κ3) is 4.38. The number of carbonyl (C=O) groups is 1. The van der Waals surface area contributed by atoms with Gasteiger partial charge in [0, 0.05) is 17.0 Å². The molecule has 0 saturated heterocycles. The fourth-order valence-electron chi connectivity index (χ4n) is 2.52. The SMILES string of the molecule is COc1ccc(-c2noc(CNC(=O)Cn3c(C)cc(C)nc3=O)n2)cc1. The van der Waals surface area contributed by atoms with Gasteiger partial charge in [-0.2, -0.15) is 9.97 Å². The molecule has 3 aromatic rings. The van der Waals surface area contributed by atoms with Crippen LogP contribution in [0.15, 0.2) is 39.6 Å². The average molecular weight is 369 g/mol. The van der Waals surface area contributed by atoms with E-state index >= 15 is 0 Å². The topological polar surface area (TPSA) is 112 Å². The zero-order valence-electron chi connectivity index (χ0n) is 15.2. The fraction of sp³-hybridized carbons (Fsp3) is 0.278. The Labute approximate surface area is 155 Å². The third-order valence-electron chi connectivity index (χ3n) is 3.90. The first-order valence-electron chi connectivity index (χ1n) is 8.25. The van der Waals surface area contributed by atoms with Gasteiger partial charge in [0.05, 0.1) is 13.7 Å². The van der Waals surface area contributed by atoms with Crippen LogP contribution in [0.2, 0.25) is 0 Å². The normalized spacial score (nSPS) is 10.6. The van der Waals surface area contributed by atoms with Gasteiger partial charge in [-0.15, -0.1) is 0 Å². The fourth-order valence-corrected chi connectivity index (χ4v) is 2.52. The van der Waals surface area contributed by atoms with Crippen LogP contribution in [0, 0.1) is 13.8 Å². The number of nitrogens with zero attached hydrogens (tertiary/aromatic N) is 4. The lowest BCUT2D eigenvalue weighted by Crippen LogP contribution is -2.34. The molecule has 1 aromatic carbocycles. The summed E-state index contributed by atoms with van der Waals surface area (Å²) in [6.07, 6.45) is 0. The Kier molecular flexibility index (Phi) is 5.30. The minimum atomic E-state index is -0.456. The van der Waals surface area contributed by atoms with Crippen molar-refractivity contribution in [3.63, 3.8) is 0 Å². The number of hydrogen-bond acceptors (Lipinski definition) is 7. The number of hydrogen-bond donors (Lipinski definition) is 1. The summed E-state index contributed by atoms with van der Waals surface area (Å²) in [7, 11) is 1.59. The minimum absolute atomic E-state index is 0.0646. The molecule has 27 heavy (non-hydrogen) atoms. The Morgan fingerprint density at radius 1 is 1.22 bits per heavy atom. The lowest BCUT2D eigenvalue weighted by molar-refractivity contribution is -0.122. The summed E-state index contributed by atoms with van der Waals surface area (Å²) in [5.41, 5.74) is 1.60. The highest BCUT2D eigenvalue weighted by Gasteiger charge is 2.12. The van der Waals surface area contributed by atoms with Gasteiger partial charge in [0.25, 0.3) is 0 Å². The monoisotopic (exact) mass is 369 g/mol. The van der Waals surface area contributed by atoms with Crippen LogP contribution in [0.25, 0.3) is 11.4 Å². The molecule has 1 amide bonds. The standard InChI is InChI=1S/C18H19N5O4/c1-11-8-12(2)23(18(25)20-11)10-15(24)19-9-16-21-17(22-27-16)13-4-6-14(26-3)7-5-13/h4-8H,9-10H2,1-3H3,(H,19,24). The van der Waals surface area contributed by atoms with Crippen LogP contribution < -0.4 is 15.7 Å². The minimum Gasteiger partial charge on any atom is -0.497 e. The molecule has 140 valence electrons. The van der Waals surface area contributed by atoms with E-state index in [0.717, 1.165) is 11.3 Å². The van der Waals surface area contributed by atoms with Gasteiger partial charge in [0.2, 0.25) is 17.6 Å². The summed E-state index contributed by atoms with van der Waals surface area (Å²) in [5.74, 6) is 1.05. The van der Waals surface area contributed by atoms with Gasteiger partial charge < -0.3 is 14.6 Å². The molecule has 0 bridgehead atoms. The molecule has 0 aliphatic carbocycles. The number of benzene rings is 1. The first-order valence-corrected chi connectivity index (χ1v) is 8.25. The van der Waals surface area contributed by atoms with E-state index in [-0.39, 0.29) is 24.9 Å². The van der Waals surface area contributed by atoms with Gasteiger partial charge in [-0.3, -0.25) is 9.36 Å². The Bertz CT molecular complexity index is 1010. The van der Waals surface area contributed by atoms with Crippen LogP contribution in [0.4, 0.5) is 0 Å². The van der Waals surface area contributed by atoms with Crippen LogP contribution in [0.3, 0.4) is 0 Å². The van der Waals surface area contributed by atoms with Crippen LogP contribution in [0.1, 0.15) is 17.3 Å². The molecule has 0 aliphatic heterocycles. The second-order valence-electron chi connectivity index (χ2n) is 5.92. The second-order valence-corrected chi connectivity index (χ2v) is 5.92. The molecule has 1 N–H and O–H groups in total. The van der Waals surface area contributed by atoms with Crippen LogP contribution in [0.5, 0.6) is 5.75 Å². The largest absolute Gasteiger partial charge is 0.497 e. The van der Waals surface area contributed by atoms with Crippen molar-refractivity contribution in [3.05, 3.63) is 58.1 Å².